The van der Waals surface area contributed by atoms with Crippen LogP contribution in [0.15, 0.2) is 24.8 Å². The van der Waals surface area contributed by atoms with Crippen LogP contribution in [0.3, 0.4) is 0 Å². The maximum absolute atomic E-state index is 3.46. The Morgan fingerprint density at radius 3 is 2.00 bits per heavy atom. The fourth-order valence-electron chi connectivity index (χ4n) is 0.136. The smallest absolute Gasteiger partial charge is 0 e. The normalized spacial score (nSPS) is 7.50. The number of rotatable bonds is 1. The molecule has 0 fully saturated rings. The van der Waals surface area contributed by atoms with Crippen LogP contribution in [0.25, 0.3) is 0 Å². The van der Waals surface area contributed by atoms with Crippen molar-refractivity contribution >= 4 is 0 Å². The average molecular weight is 120 g/mol. The summed E-state index contributed by atoms with van der Waals surface area (Å²) >= 11 is 0. The zero-order valence-electron chi connectivity index (χ0n) is 3.85. The fraction of sp³-hybridized carbons (Fsp3) is 0.200. The first-order valence-electron chi connectivity index (χ1n) is 1.65. The van der Waals surface area contributed by atoms with E-state index in [1.807, 2.05) is 19.1 Å². The largest absolute Gasteiger partial charge is 0.0991 e. The van der Waals surface area contributed by atoms with Gasteiger partial charge in [0, 0.05) is 17.4 Å². The number of allylic oxidation sites excluding steroid dienone is 3. The summed E-state index contributed by atoms with van der Waals surface area (Å²) in [6.45, 7) is 5.42. The molecule has 0 aliphatic heterocycles. The van der Waals surface area contributed by atoms with Crippen LogP contribution in [0.4, 0.5) is 0 Å². The molecule has 0 heterocycles. The van der Waals surface area contributed by atoms with Gasteiger partial charge in [-0.3, -0.25) is 0 Å². The van der Waals surface area contributed by atoms with Crippen molar-refractivity contribution in [1.82, 2.24) is 0 Å². The van der Waals surface area contributed by atoms with Crippen LogP contribution in [0, 0.1) is 0 Å². The van der Waals surface area contributed by atoms with Crippen molar-refractivity contribution in [2.75, 3.05) is 0 Å². The van der Waals surface area contributed by atoms with Crippen LogP contribution in [0.1, 0.15) is 6.92 Å². The molecule has 0 spiro atoms. The topological polar surface area (TPSA) is 0 Å². The molecule has 0 rings (SSSR count). The van der Waals surface area contributed by atoms with E-state index in [2.05, 4.69) is 6.58 Å². The van der Waals surface area contributed by atoms with Crippen LogP contribution in [0.5, 0.6) is 0 Å². The predicted molar refractivity (Wildman–Crippen MR) is 25.0 cm³/mol. The molecule has 0 unspecified atom stereocenters. The molecule has 0 saturated heterocycles. The molecule has 0 aromatic carbocycles. The summed E-state index contributed by atoms with van der Waals surface area (Å²) in [6, 6.07) is 0. The van der Waals surface area contributed by atoms with Crippen molar-refractivity contribution in [1.29, 1.82) is 0 Å². The standard InChI is InChI=1S/C5H8.Cr/c1-3-5-4-2;/h3-5H,1H2,2H3;. The van der Waals surface area contributed by atoms with Crippen molar-refractivity contribution < 1.29 is 17.4 Å². The van der Waals surface area contributed by atoms with Crippen LogP contribution < -0.4 is 0 Å². The minimum atomic E-state index is 0. The molecule has 34 valence electrons. The summed E-state index contributed by atoms with van der Waals surface area (Å²) in [5.41, 5.74) is 0. The van der Waals surface area contributed by atoms with Gasteiger partial charge in [0.15, 0.2) is 0 Å². The van der Waals surface area contributed by atoms with E-state index >= 15 is 0 Å². The van der Waals surface area contributed by atoms with Gasteiger partial charge in [-0.15, -0.1) is 0 Å². The molecular weight excluding hydrogens is 112 g/mol. The maximum Gasteiger partial charge on any atom is 0 e. The van der Waals surface area contributed by atoms with Gasteiger partial charge in [0.1, 0.15) is 0 Å². The second-order valence-electron chi connectivity index (χ2n) is 0.761. The molecule has 0 aliphatic rings. The zero-order chi connectivity index (χ0) is 4.12. The monoisotopic (exact) mass is 120 g/mol. The van der Waals surface area contributed by atoms with Gasteiger partial charge in [0.25, 0.3) is 0 Å². The van der Waals surface area contributed by atoms with Gasteiger partial charge in [-0.05, 0) is 6.92 Å². The first-order valence-corrected chi connectivity index (χ1v) is 1.65. The molecule has 0 aliphatic carbocycles. The fourth-order valence-corrected chi connectivity index (χ4v) is 0.136. The van der Waals surface area contributed by atoms with Gasteiger partial charge in [0.05, 0.1) is 0 Å². The van der Waals surface area contributed by atoms with E-state index in [0.717, 1.165) is 0 Å². The molecule has 0 saturated carbocycles. The van der Waals surface area contributed by atoms with Crippen molar-refractivity contribution in [3.63, 3.8) is 0 Å². The molecule has 1 heteroatoms. The molecule has 0 aromatic rings. The molecular formula is C5H8Cr. The Morgan fingerprint density at radius 1 is 1.50 bits per heavy atom. The summed E-state index contributed by atoms with van der Waals surface area (Å²) in [4.78, 5) is 0. The molecule has 6 heavy (non-hydrogen) atoms. The Morgan fingerprint density at radius 2 is 2.00 bits per heavy atom. The van der Waals surface area contributed by atoms with E-state index < -0.39 is 0 Å². The Labute approximate surface area is 49.7 Å². The summed E-state index contributed by atoms with van der Waals surface area (Å²) < 4.78 is 0. The van der Waals surface area contributed by atoms with Crippen molar-refractivity contribution in [2.45, 2.75) is 6.92 Å². The van der Waals surface area contributed by atoms with Crippen molar-refractivity contribution in [3.8, 4) is 0 Å². The zero-order valence-corrected chi connectivity index (χ0v) is 5.12. The van der Waals surface area contributed by atoms with E-state index in [-0.39, 0.29) is 17.4 Å². The first-order chi connectivity index (χ1) is 2.41. The average Bonchev–Trinajstić information content (AvgIpc) is 1.41. The second-order valence-corrected chi connectivity index (χ2v) is 0.761. The van der Waals surface area contributed by atoms with Crippen LogP contribution in [0.2, 0.25) is 0 Å². The maximum atomic E-state index is 3.46. The number of hydrogen-bond donors (Lipinski definition) is 0. The van der Waals surface area contributed by atoms with Gasteiger partial charge in [-0.25, -0.2) is 0 Å². The Hall–Kier alpha value is 0.0125. The van der Waals surface area contributed by atoms with Crippen LogP contribution in [-0.4, -0.2) is 0 Å². The third-order valence-corrected chi connectivity index (χ3v) is 0.329. The summed E-state index contributed by atoms with van der Waals surface area (Å²) in [6.07, 6.45) is 5.58. The number of hydrogen-bond acceptors (Lipinski definition) is 0. The van der Waals surface area contributed by atoms with Gasteiger partial charge < -0.3 is 0 Å². The quantitative estimate of drug-likeness (QED) is 0.462. The molecule has 0 N–H and O–H groups in total. The van der Waals surface area contributed by atoms with E-state index in [4.69, 9.17) is 0 Å². The molecule has 0 bridgehead atoms. The van der Waals surface area contributed by atoms with Gasteiger partial charge in [-0.1, -0.05) is 24.8 Å². The summed E-state index contributed by atoms with van der Waals surface area (Å²) in [5, 5.41) is 0. The SMILES string of the molecule is C=CC=CC.[Cr]. The molecule has 0 atom stereocenters. The second kappa shape index (κ2) is 8.89. The molecule has 0 radical (unpaired) electrons. The molecule has 0 aromatic heterocycles. The van der Waals surface area contributed by atoms with E-state index in [0.29, 0.717) is 0 Å². The van der Waals surface area contributed by atoms with Crippen molar-refractivity contribution in [3.05, 3.63) is 24.8 Å². The van der Waals surface area contributed by atoms with Gasteiger partial charge >= 0.3 is 0 Å². The Balaban J connectivity index is 0. The molecule has 0 amide bonds. The predicted octanol–water partition coefficient (Wildman–Crippen LogP) is 1.75. The van der Waals surface area contributed by atoms with E-state index in [9.17, 15) is 0 Å². The Kier molecular flexibility index (Phi) is 13.9. The third-order valence-electron chi connectivity index (χ3n) is 0.329. The first kappa shape index (κ1) is 9.38. The van der Waals surface area contributed by atoms with Crippen molar-refractivity contribution in [2.24, 2.45) is 0 Å². The van der Waals surface area contributed by atoms with Crippen LogP contribution in [-0.2, 0) is 17.4 Å². The minimum Gasteiger partial charge on any atom is -0.0991 e. The van der Waals surface area contributed by atoms with E-state index in [1.165, 1.54) is 0 Å². The van der Waals surface area contributed by atoms with Crippen LogP contribution >= 0.6 is 0 Å². The molecule has 0 nitrogen and oxygen atoms in total. The third kappa shape index (κ3) is 8.99. The van der Waals surface area contributed by atoms with Gasteiger partial charge in [-0.2, -0.15) is 0 Å². The Bertz CT molecular complexity index is 45.9. The summed E-state index contributed by atoms with van der Waals surface area (Å²) in [5.74, 6) is 0. The minimum absolute atomic E-state index is 0. The van der Waals surface area contributed by atoms with E-state index in [1.54, 1.807) is 6.08 Å². The summed E-state index contributed by atoms with van der Waals surface area (Å²) in [7, 11) is 0. The van der Waals surface area contributed by atoms with Gasteiger partial charge in [0.2, 0.25) is 0 Å².